The van der Waals surface area contributed by atoms with Crippen molar-refractivity contribution < 1.29 is 18.3 Å². The van der Waals surface area contributed by atoms with Gasteiger partial charge in [0.2, 0.25) is 0 Å². The zero-order valence-corrected chi connectivity index (χ0v) is 10.3. The summed E-state index contributed by atoms with van der Waals surface area (Å²) < 4.78 is 26.9. The minimum absolute atomic E-state index is 0.0477. The number of likely N-dealkylation sites (N-methyl/N-ethyl adjacent to an activating group) is 1. The molecule has 0 aromatic rings. The summed E-state index contributed by atoms with van der Waals surface area (Å²) in [6, 6.07) is -1.10. The Balaban J connectivity index is 2.65. The zero-order chi connectivity index (χ0) is 12.3. The van der Waals surface area contributed by atoms with Gasteiger partial charge < -0.3 is 5.11 Å². The van der Waals surface area contributed by atoms with E-state index in [4.69, 9.17) is 5.11 Å². The molecule has 2 N–H and O–H groups in total. The van der Waals surface area contributed by atoms with Crippen molar-refractivity contribution in [2.24, 2.45) is 0 Å². The Kier molecular flexibility index (Phi) is 4.28. The first kappa shape index (κ1) is 13.4. The number of carboxylic acid groups (broad SMARTS) is 1. The highest BCUT2D eigenvalue weighted by atomic mass is 32.2. The number of hydrogen-bond donors (Lipinski definition) is 2. The van der Waals surface area contributed by atoms with Crippen molar-refractivity contribution in [1.29, 1.82) is 0 Å². The SMILES string of the molecule is CC(C(=O)O)N(C)S(=O)(=O)NC1CCCC1. The Morgan fingerprint density at radius 1 is 1.44 bits per heavy atom. The smallest absolute Gasteiger partial charge is 0.321 e. The number of carboxylic acids is 1. The van der Waals surface area contributed by atoms with Gasteiger partial charge in [0.25, 0.3) is 10.2 Å². The summed E-state index contributed by atoms with van der Waals surface area (Å²) in [4.78, 5) is 10.7. The van der Waals surface area contributed by atoms with E-state index in [-0.39, 0.29) is 6.04 Å². The first-order valence-electron chi connectivity index (χ1n) is 5.32. The minimum atomic E-state index is -3.69. The Morgan fingerprint density at radius 3 is 2.38 bits per heavy atom. The quantitative estimate of drug-likeness (QED) is 0.728. The Morgan fingerprint density at radius 2 is 1.94 bits per heavy atom. The number of aliphatic carboxylic acids is 1. The van der Waals surface area contributed by atoms with Gasteiger partial charge in [-0.15, -0.1) is 0 Å². The standard InChI is InChI=1S/C9H18N2O4S/c1-7(9(12)13)11(2)16(14,15)10-8-5-3-4-6-8/h7-8,10H,3-6H2,1-2H3,(H,12,13). The van der Waals surface area contributed by atoms with Crippen LogP contribution in [-0.2, 0) is 15.0 Å². The van der Waals surface area contributed by atoms with E-state index in [0.29, 0.717) is 0 Å². The molecule has 94 valence electrons. The maximum Gasteiger partial charge on any atom is 0.321 e. The van der Waals surface area contributed by atoms with Gasteiger partial charge in [0.15, 0.2) is 0 Å². The molecule has 0 heterocycles. The first-order valence-corrected chi connectivity index (χ1v) is 6.76. The topological polar surface area (TPSA) is 86.7 Å². The lowest BCUT2D eigenvalue weighted by Crippen LogP contribution is -2.48. The van der Waals surface area contributed by atoms with Crippen LogP contribution in [0.1, 0.15) is 32.6 Å². The fourth-order valence-electron chi connectivity index (χ4n) is 1.70. The highest BCUT2D eigenvalue weighted by Crippen LogP contribution is 2.19. The van der Waals surface area contributed by atoms with Crippen LogP contribution < -0.4 is 4.72 Å². The molecule has 0 bridgehead atoms. The fourth-order valence-corrected chi connectivity index (χ4v) is 3.03. The summed E-state index contributed by atoms with van der Waals surface area (Å²) in [5.41, 5.74) is 0. The van der Waals surface area contributed by atoms with Crippen molar-refractivity contribution in [1.82, 2.24) is 9.03 Å². The number of carbonyl (C=O) groups is 1. The normalized spacial score (nSPS) is 20.2. The van der Waals surface area contributed by atoms with E-state index in [1.165, 1.54) is 14.0 Å². The van der Waals surface area contributed by atoms with Crippen LogP contribution in [0.2, 0.25) is 0 Å². The van der Waals surface area contributed by atoms with E-state index in [1.807, 2.05) is 0 Å². The molecule has 1 saturated carbocycles. The summed E-state index contributed by atoms with van der Waals surface area (Å²) >= 11 is 0. The third kappa shape index (κ3) is 3.16. The lowest BCUT2D eigenvalue weighted by molar-refractivity contribution is -0.140. The molecule has 1 fully saturated rings. The highest BCUT2D eigenvalue weighted by molar-refractivity contribution is 7.87. The molecule has 1 aliphatic rings. The van der Waals surface area contributed by atoms with Crippen LogP contribution in [-0.4, -0.2) is 42.9 Å². The summed E-state index contributed by atoms with van der Waals surface area (Å²) in [5.74, 6) is -1.15. The maximum atomic E-state index is 11.8. The summed E-state index contributed by atoms with van der Waals surface area (Å²) in [6.45, 7) is 1.34. The van der Waals surface area contributed by atoms with Gasteiger partial charge in [0.1, 0.15) is 6.04 Å². The predicted octanol–water partition coefficient (Wildman–Crippen LogP) is 0.168. The molecule has 16 heavy (non-hydrogen) atoms. The van der Waals surface area contributed by atoms with Gasteiger partial charge in [0.05, 0.1) is 0 Å². The molecular weight excluding hydrogens is 232 g/mol. The molecule has 7 heteroatoms. The fraction of sp³-hybridized carbons (Fsp3) is 0.889. The van der Waals surface area contributed by atoms with Gasteiger partial charge in [-0.1, -0.05) is 12.8 Å². The molecule has 0 spiro atoms. The molecule has 1 aliphatic carbocycles. The second kappa shape index (κ2) is 5.11. The van der Waals surface area contributed by atoms with Gasteiger partial charge in [-0.3, -0.25) is 4.79 Å². The number of nitrogens with zero attached hydrogens (tertiary/aromatic N) is 1. The van der Waals surface area contributed by atoms with Crippen molar-refractivity contribution in [3.8, 4) is 0 Å². The molecule has 6 nitrogen and oxygen atoms in total. The van der Waals surface area contributed by atoms with Gasteiger partial charge in [0, 0.05) is 13.1 Å². The van der Waals surface area contributed by atoms with Gasteiger partial charge in [-0.05, 0) is 19.8 Å². The van der Waals surface area contributed by atoms with Crippen molar-refractivity contribution >= 4 is 16.2 Å². The van der Waals surface area contributed by atoms with E-state index in [9.17, 15) is 13.2 Å². The second-order valence-corrected chi connectivity index (χ2v) is 5.90. The molecule has 0 amide bonds. The van der Waals surface area contributed by atoms with E-state index in [2.05, 4.69) is 4.72 Å². The van der Waals surface area contributed by atoms with Crippen LogP contribution >= 0.6 is 0 Å². The Hall–Kier alpha value is -0.660. The van der Waals surface area contributed by atoms with Crippen LogP contribution in [0.15, 0.2) is 0 Å². The monoisotopic (exact) mass is 250 g/mol. The van der Waals surface area contributed by atoms with Crippen LogP contribution in [0.25, 0.3) is 0 Å². The molecule has 0 saturated heterocycles. The van der Waals surface area contributed by atoms with E-state index in [1.54, 1.807) is 0 Å². The highest BCUT2D eigenvalue weighted by Gasteiger charge is 2.30. The number of nitrogens with one attached hydrogen (secondary N) is 1. The van der Waals surface area contributed by atoms with Crippen LogP contribution in [0.5, 0.6) is 0 Å². The van der Waals surface area contributed by atoms with Gasteiger partial charge >= 0.3 is 5.97 Å². The number of rotatable bonds is 5. The van der Waals surface area contributed by atoms with Crippen molar-refractivity contribution in [3.63, 3.8) is 0 Å². The third-order valence-electron chi connectivity index (χ3n) is 2.95. The predicted molar refractivity (Wildman–Crippen MR) is 59.2 cm³/mol. The van der Waals surface area contributed by atoms with Gasteiger partial charge in [-0.25, -0.2) is 0 Å². The first-order chi connectivity index (χ1) is 7.34. The summed E-state index contributed by atoms with van der Waals surface area (Å²) in [6.07, 6.45) is 3.69. The number of hydrogen-bond acceptors (Lipinski definition) is 3. The van der Waals surface area contributed by atoms with Crippen molar-refractivity contribution in [3.05, 3.63) is 0 Å². The lowest BCUT2D eigenvalue weighted by Gasteiger charge is -2.23. The molecule has 0 aromatic carbocycles. The summed E-state index contributed by atoms with van der Waals surface area (Å²) in [5, 5.41) is 8.74. The largest absolute Gasteiger partial charge is 0.480 e. The Labute approximate surface area is 95.8 Å². The van der Waals surface area contributed by atoms with Gasteiger partial charge in [-0.2, -0.15) is 17.4 Å². The minimum Gasteiger partial charge on any atom is -0.480 e. The maximum absolute atomic E-state index is 11.8. The molecule has 0 aromatic heterocycles. The second-order valence-electron chi connectivity index (χ2n) is 4.13. The van der Waals surface area contributed by atoms with Crippen LogP contribution in [0.3, 0.4) is 0 Å². The average molecular weight is 250 g/mol. The van der Waals surface area contributed by atoms with E-state index in [0.717, 1.165) is 30.0 Å². The molecule has 0 radical (unpaired) electrons. The molecule has 1 unspecified atom stereocenters. The van der Waals surface area contributed by atoms with Crippen LogP contribution in [0.4, 0.5) is 0 Å². The van der Waals surface area contributed by atoms with Crippen molar-refractivity contribution in [2.45, 2.75) is 44.7 Å². The molecular formula is C9H18N2O4S. The van der Waals surface area contributed by atoms with E-state index < -0.39 is 22.2 Å². The lowest BCUT2D eigenvalue weighted by atomic mass is 10.3. The third-order valence-corrected chi connectivity index (χ3v) is 4.66. The average Bonchev–Trinajstić information content (AvgIpc) is 2.67. The molecule has 1 atom stereocenters. The zero-order valence-electron chi connectivity index (χ0n) is 9.51. The van der Waals surface area contributed by atoms with Crippen molar-refractivity contribution in [2.75, 3.05) is 7.05 Å². The summed E-state index contributed by atoms with van der Waals surface area (Å²) in [7, 11) is -2.41. The Bertz CT molecular complexity index is 349. The van der Waals surface area contributed by atoms with E-state index >= 15 is 0 Å². The molecule has 0 aliphatic heterocycles. The van der Waals surface area contributed by atoms with Crippen LogP contribution in [0, 0.1) is 0 Å². The molecule has 1 rings (SSSR count).